The lowest BCUT2D eigenvalue weighted by molar-refractivity contribution is 0.752. The lowest BCUT2D eigenvalue weighted by Gasteiger charge is -2.45. The van der Waals surface area contributed by atoms with Crippen LogP contribution in [0.5, 0.6) is 0 Å². The highest BCUT2D eigenvalue weighted by molar-refractivity contribution is 6.15. The summed E-state index contributed by atoms with van der Waals surface area (Å²) in [6.45, 7) is 0. The molecule has 0 saturated heterocycles. The first-order chi connectivity index (χ1) is 72.9. The van der Waals surface area contributed by atoms with Crippen LogP contribution in [0.15, 0.2) is 528 Å². The van der Waals surface area contributed by atoms with Gasteiger partial charge >= 0.3 is 0 Å². The number of benzene rings is 20. The highest BCUT2D eigenvalue weighted by Crippen LogP contribution is 2.64. The molecule has 2 aliphatic rings. The van der Waals surface area contributed by atoms with Crippen LogP contribution in [0.1, 0.15) is 22.3 Å². The molecule has 20 aromatic carbocycles. The quantitative estimate of drug-likeness (QED) is 0.111. The topological polar surface area (TPSA) is 108 Å². The molecule has 11 nitrogen and oxygen atoms in total. The van der Waals surface area contributed by atoms with Gasteiger partial charge in [-0.05, 0) is 199 Å². The van der Waals surface area contributed by atoms with E-state index < -0.39 is 5.41 Å². The minimum Gasteiger partial charge on any atom is -0.310 e. The third kappa shape index (κ3) is 14.4. The van der Waals surface area contributed by atoms with Crippen molar-refractivity contribution in [2.24, 2.45) is 0 Å². The Morgan fingerprint density at radius 2 is 0.463 bits per heavy atom. The fraction of sp³-hybridized carbons (Fsp3) is 0.00735. The summed E-state index contributed by atoms with van der Waals surface area (Å²) >= 11 is 0. The number of anilines is 3. The van der Waals surface area contributed by atoms with Crippen LogP contribution in [0, 0.1) is 0 Å². The summed E-state index contributed by atoms with van der Waals surface area (Å²) in [5.74, 6) is 1.96. The molecule has 147 heavy (non-hydrogen) atoms. The van der Waals surface area contributed by atoms with Gasteiger partial charge in [0.25, 0.3) is 0 Å². The van der Waals surface area contributed by atoms with Crippen LogP contribution >= 0.6 is 0 Å². The van der Waals surface area contributed by atoms with Crippen molar-refractivity contribution in [3.63, 3.8) is 0 Å². The molecule has 0 atom stereocenters. The second-order valence-electron chi connectivity index (χ2n) is 37.7. The van der Waals surface area contributed by atoms with E-state index in [2.05, 4.69) is 466 Å². The number of hydrogen-bond donors (Lipinski definition) is 0. The number of nitrogens with zero attached hydrogens (tertiary/aromatic N) is 11. The first-order valence-electron chi connectivity index (χ1n) is 49.9. The molecule has 1 spiro atoms. The molecule has 686 valence electrons. The summed E-state index contributed by atoms with van der Waals surface area (Å²) in [6.07, 6.45) is 5.65. The van der Waals surface area contributed by atoms with Gasteiger partial charge in [-0.15, -0.1) is 0 Å². The summed E-state index contributed by atoms with van der Waals surface area (Å²) in [5, 5.41) is 12.0. The molecule has 30 rings (SSSR count). The molecule has 0 amide bonds. The van der Waals surface area contributed by atoms with Crippen LogP contribution in [0.25, 0.3) is 227 Å². The van der Waals surface area contributed by atoms with Gasteiger partial charge in [0.15, 0.2) is 17.5 Å². The molecule has 0 unspecified atom stereocenters. The number of fused-ring (bicyclic) bond motifs is 24. The van der Waals surface area contributed by atoms with Crippen LogP contribution in [0.4, 0.5) is 17.1 Å². The smallest absolute Gasteiger partial charge is 0.164 e. The lowest BCUT2D eigenvalue weighted by Crippen LogP contribution is -2.36. The predicted octanol–water partition coefficient (Wildman–Crippen LogP) is 34.2. The third-order valence-electron chi connectivity index (χ3n) is 29.7. The zero-order valence-electron chi connectivity index (χ0n) is 79.6. The maximum Gasteiger partial charge on any atom is 0.164 e. The number of rotatable bonds is 12. The molecule has 1 aliphatic heterocycles. The molecule has 1 aliphatic carbocycles. The summed E-state index contributed by atoms with van der Waals surface area (Å²) < 4.78 is 7.06. The van der Waals surface area contributed by atoms with E-state index >= 15 is 0 Å². The van der Waals surface area contributed by atoms with Crippen LogP contribution in [0.2, 0.25) is 0 Å². The van der Waals surface area contributed by atoms with Crippen molar-refractivity contribution in [1.82, 2.24) is 48.6 Å². The molecule has 0 saturated carbocycles. The number of pyridine rings is 4. The SMILES string of the molecule is c1ccc(-c2nc(-c3ccccc3)nc(-c3ccc(-c4ccc(N5c6ccccc6C6(c7ccccc7-c7ccccc76)c6ccccc65)cc4)cc3)n2)cc1.c1ccc2c(c1)c1ccccc1n2-c1ccc(-c2ccnc3c2ccc2c(-c4ccc(-n5c6ccccc6c6ccccc65)cc4)ccnc23)cc1.c1cnc2c(c1)ccc1ccc(-c3ccc(-c4ccc(-n5c6ccccc6c6ccccc65)cc4)cc3)nc12. The lowest BCUT2D eigenvalue weighted by atomic mass is 9.64. The zero-order valence-corrected chi connectivity index (χ0v) is 79.6. The van der Waals surface area contributed by atoms with Gasteiger partial charge in [0, 0.05) is 117 Å². The Morgan fingerprint density at radius 1 is 0.163 bits per heavy atom. The van der Waals surface area contributed by atoms with Gasteiger partial charge in [-0.2, -0.15) is 0 Å². The largest absolute Gasteiger partial charge is 0.310 e. The zero-order chi connectivity index (χ0) is 97.0. The molecule has 0 radical (unpaired) electrons. The van der Waals surface area contributed by atoms with Gasteiger partial charge in [0.1, 0.15) is 0 Å². The second kappa shape index (κ2) is 35.5. The molecule has 0 N–H and O–H groups in total. The Hall–Kier alpha value is -19.8. The normalized spacial score (nSPS) is 12.3. The molecular formula is C136H87N11. The molecule has 9 heterocycles. The Labute approximate surface area is 847 Å². The van der Waals surface area contributed by atoms with Gasteiger partial charge in [-0.25, -0.2) is 19.9 Å². The van der Waals surface area contributed by atoms with Crippen LogP contribution in [-0.4, -0.2) is 48.6 Å². The highest BCUT2D eigenvalue weighted by atomic mass is 15.2. The van der Waals surface area contributed by atoms with Gasteiger partial charge in [0.05, 0.1) is 77.7 Å². The molecule has 0 fully saturated rings. The standard InChI is InChI=1S/C52H34N4.C48H30N4.C36H23N3/c1-3-15-37(16-4-1)49-53-50(38-17-5-2-6-18-38)55-51(54-49)39-29-27-35(28-30-39)36-31-33-40(34-32-36)56-47-25-13-11-23-45(47)52(46-24-12-14-26-48(46)56)43-21-9-7-19-41(43)42-20-8-10-22-44(42)52;1-5-13-43-37(9-1)38-10-2-6-14-44(38)51(43)33-21-17-31(18-22-33)35-27-29-49-47-41(35)25-26-42-36(28-30-50-48(42)47)32-19-23-34(24-20-32)52-45-15-7-3-11-39(45)40-12-4-8-16-46(40)52;1-3-9-33-30(7-1)31-8-2-4-10-34(31)39(33)29-20-17-25(18-21-29)24-11-13-26(14-12-24)32-22-19-28-16-15-27-6-5-23-37-35(27)36(28)38-32/h1-34H;1-30H;1-23H. The van der Waals surface area contributed by atoms with Crippen molar-refractivity contribution in [2.75, 3.05) is 4.90 Å². The molecule has 0 bridgehead atoms. The average Bonchev–Trinajstić information content (AvgIpc) is 1.53. The molecule has 28 aromatic rings. The van der Waals surface area contributed by atoms with Crippen LogP contribution in [-0.2, 0) is 5.41 Å². The maximum absolute atomic E-state index is 5.00. The summed E-state index contributed by atoms with van der Waals surface area (Å²) in [6, 6.07) is 182. The van der Waals surface area contributed by atoms with E-state index in [0.717, 1.165) is 128 Å². The van der Waals surface area contributed by atoms with Crippen molar-refractivity contribution in [2.45, 2.75) is 5.41 Å². The summed E-state index contributed by atoms with van der Waals surface area (Å²) in [5.41, 5.74) is 39.5. The van der Waals surface area contributed by atoms with E-state index in [1.165, 1.54) is 121 Å². The number of hydrogen-bond acceptors (Lipinski definition) is 8. The number of aromatic nitrogens is 10. The fourth-order valence-corrected chi connectivity index (χ4v) is 22.9. The Kier molecular flexibility index (Phi) is 20.6. The first-order valence-corrected chi connectivity index (χ1v) is 49.9. The third-order valence-corrected chi connectivity index (χ3v) is 29.7. The van der Waals surface area contributed by atoms with Crippen LogP contribution < -0.4 is 4.90 Å². The first kappa shape index (κ1) is 85.2. The Bertz CT molecular complexity index is 9510. The van der Waals surface area contributed by atoms with Gasteiger partial charge in [-0.3, -0.25) is 15.0 Å². The predicted molar refractivity (Wildman–Crippen MR) is 606 cm³/mol. The van der Waals surface area contributed by atoms with Crippen molar-refractivity contribution >= 4 is 126 Å². The van der Waals surface area contributed by atoms with Crippen molar-refractivity contribution in [3.8, 4) is 118 Å². The van der Waals surface area contributed by atoms with E-state index in [4.69, 9.17) is 29.9 Å². The Morgan fingerprint density at radius 3 is 0.864 bits per heavy atom. The van der Waals surface area contributed by atoms with Crippen molar-refractivity contribution in [1.29, 1.82) is 0 Å². The van der Waals surface area contributed by atoms with Gasteiger partial charge < -0.3 is 18.6 Å². The van der Waals surface area contributed by atoms with Crippen LogP contribution in [0.3, 0.4) is 0 Å². The second-order valence-corrected chi connectivity index (χ2v) is 37.7. The van der Waals surface area contributed by atoms with Gasteiger partial charge in [0.2, 0.25) is 0 Å². The number of para-hydroxylation sites is 8. The molecule has 8 aromatic heterocycles. The van der Waals surface area contributed by atoms with E-state index in [9.17, 15) is 0 Å². The van der Waals surface area contributed by atoms with E-state index in [0.29, 0.717) is 17.5 Å². The molecule has 11 heteroatoms. The maximum atomic E-state index is 5.00. The minimum absolute atomic E-state index is 0.416. The van der Waals surface area contributed by atoms with Crippen molar-refractivity contribution < 1.29 is 0 Å². The van der Waals surface area contributed by atoms with E-state index in [1.54, 1.807) is 0 Å². The van der Waals surface area contributed by atoms with E-state index in [-0.39, 0.29) is 0 Å². The summed E-state index contributed by atoms with van der Waals surface area (Å²) in [4.78, 5) is 36.5. The van der Waals surface area contributed by atoms with Gasteiger partial charge in [-0.1, -0.05) is 388 Å². The van der Waals surface area contributed by atoms with E-state index in [1.807, 2.05) is 85.3 Å². The molecular weight excluding hydrogens is 1790 g/mol. The van der Waals surface area contributed by atoms with Crippen molar-refractivity contribution in [3.05, 3.63) is 550 Å². The summed E-state index contributed by atoms with van der Waals surface area (Å²) in [7, 11) is 0. The Balaban J connectivity index is 0.000000108. The monoisotopic (exact) mass is 1870 g/mol. The highest BCUT2D eigenvalue weighted by Gasteiger charge is 2.51. The average molecular weight is 1880 g/mol. The fourth-order valence-electron chi connectivity index (χ4n) is 22.9. The minimum atomic E-state index is -0.416.